The molecule has 7 heteroatoms. The summed E-state index contributed by atoms with van der Waals surface area (Å²) in [4.78, 5) is 28.2. The van der Waals surface area contributed by atoms with Gasteiger partial charge in [-0.1, -0.05) is 24.6 Å². The highest BCUT2D eigenvalue weighted by Gasteiger charge is 2.42. The van der Waals surface area contributed by atoms with Gasteiger partial charge >= 0.3 is 0 Å². The summed E-state index contributed by atoms with van der Waals surface area (Å²) in [5.74, 6) is 5.21. The lowest BCUT2D eigenvalue weighted by molar-refractivity contribution is 0.0598. The van der Waals surface area contributed by atoms with Crippen molar-refractivity contribution in [3.8, 4) is 11.5 Å². The number of carbonyl (C=O) groups excluding carboxylic acids is 2. The Bertz CT molecular complexity index is 1060. The smallest absolute Gasteiger partial charge is 0.264 e. The zero-order valence-electron chi connectivity index (χ0n) is 18.4. The number of methoxy groups -OCH3 is 1. The summed E-state index contributed by atoms with van der Waals surface area (Å²) < 4.78 is 11.1. The van der Waals surface area contributed by atoms with Crippen molar-refractivity contribution in [3.05, 3.63) is 65.4 Å². The van der Waals surface area contributed by atoms with Crippen LogP contribution in [0.4, 0.5) is 5.69 Å². The molecule has 0 radical (unpaired) electrons. The predicted octanol–water partition coefficient (Wildman–Crippen LogP) is 4.71. The van der Waals surface area contributed by atoms with E-state index in [-0.39, 0.29) is 22.3 Å². The highest BCUT2D eigenvalue weighted by molar-refractivity contribution is 8.13. The molecule has 2 aromatic carbocycles. The van der Waals surface area contributed by atoms with Gasteiger partial charge in [-0.3, -0.25) is 14.5 Å². The predicted molar refractivity (Wildman–Crippen MR) is 128 cm³/mol. The van der Waals surface area contributed by atoms with Crippen molar-refractivity contribution in [2.24, 2.45) is 0 Å². The Morgan fingerprint density at radius 2 is 1.94 bits per heavy atom. The van der Waals surface area contributed by atoms with Crippen LogP contribution in [0.15, 0.2) is 48.7 Å². The summed E-state index contributed by atoms with van der Waals surface area (Å²) in [6.07, 6.45) is 1.99. The number of ether oxygens (including phenoxy) is 2. The number of amides is 2. The third-order valence-electron chi connectivity index (χ3n) is 4.92. The van der Waals surface area contributed by atoms with E-state index in [0.717, 1.165) is 5.56 Å². The molecule has 0 spiro atoms. The monoisotopic (exact) mass is 440 g/mol. The van der Waals surface area contributed by atoms with Crippen LogP contribution in [-0.4, -0.2) is 48.3 Å². The van der Waals surface area contributed by atoms with Gasteiger partial charge in [-0.2, -0.15) is 10.5 Å². The summed E-state index contributed by atoms with van der Waals surface area (Å²) in [5, 5.41) is 3.10. The standard InChI is InChI=1S/C24H28N2O4S/c1-7-30-21-13-16(11-12-20(21)29-4)19(14-31(5)6)26-23(27)17-9-8-10-18(25-15(2)3)22(17)24(26)28/h8-13,19,25H,2,5,7,14H2,1,3-4,6H3. The SMILES string of the molecule is C=C(C)Nc1cccc2c1C(=O)N(C(CS(=C)C)c1ccc(OC)c(OCC)c1)C2=O. The molecule has 6 nitrogen and oxygen atoms in total. The highest BCUT2D eigenvalue weighted by atomic mass is 32.2. The lowest BCUT2D eigenvalue weighted by Crippen LogP contribution is -2.35. The van der Waals surface area contributed by atoms with Gasteiger partial charge in [0.25, 0.3) is 11.8 Å². The van der Waals surface area contributed by atoms with E-state index in [1.165, 1.54) is 4.90 Å². The molecule has 0 aliphatic carbocycles. The number of nitrogens with zero attached hydrogens (tertiary/aromatic N) is 1. The van der Waals surface area contributed by atoms with E-state index in [9.17, 15) is 9.59 Å². The molecule has 3 rings (SSSR count). The number of fused-ring (bicyclic) bond motifs is 1. The van der Waals surface area contributed by atoms with E-state index >= 15 is 0 Å². The molecule has 0 fully saturated rings. The second kappa shape index (κ2) is 9.39. The third-order valence-corrected chi connectivity index (χ3v) is 5.81. The average molecular weight is 441 g/mol. The van der Waals surface area contributed by atoms with E-state index in [1.807, 2.05) is 25.3 Å². The summed E-state index contributed by atoms with van der Waals surface area (Å²) in [5.41, 5.74) is 2.84. The van der Waals surface area contributed by atoms with Gasteiger partial charge in [0.2, 0.25) is 0 Å². The van der Waals surface area contributed by atoms with Gasteiger partial charge in [0.05, 0.1) is 36.6 Å². The molecule has 1 N–H and O–H groups in total. The fourth-order valence-corrected chi connectivity index (χ4v) is 4.56. The molecule has 2 unspecified atom stereocenters. The van der Waals surface area contributed by atoms with Crippen LogP contribution in [-0.2, 0) is 0 Å². The second-order valence-corrected chi connectivity index (χ2v) is 9.32. The van der Waals surface area contributed by atoms with Crippen LogP contribution in [0.3, 0.4) is 0 Å². The molecular formula is C24H28N2O4S. The normalized spacial score (nSPS) is 14.8. The molecule has 2 atom stereocenters. The number of nitrogens with one attached hydrogen (secondary N) is 1. The van der Waals surface area contributed by atoms with Gasteiger partial charge in [-0.15, -0.1) is 0 Å². The second-order valence-electron chi connectivity index (χ2n) is 7.42. The number of benzene rings is 2. The Balaban J connectivity index is 2.09. The van der Waals surface area contributed by atoms with Crippen LogP contribution in [0.5, 0.6) is 11.5 Å². The maximum atomic E-state index is 13.5. The first-order valence-electron chi connectivity index (χ1n) is 9.94. The number of anilines is 1. The zero-order valence-corrected chi connectivity index (χ0v) is 19.2. The molecular weight excluding hydrogens is 412 g/mol. The topological polar surface area (TPSA) is 67.9 Å². The highest BCUT2D eigenvalue weighted by Crippen LogP contribution is 2.39. The van der Waals surface area contributed by atoms with Gasteiger partial charge in [0, 0.05) is 11.4 Å². The summed E-state index contributed by atoms with van der Waals surface area (Å²) in [6, 6.07) is 10.3. The van der Waals surface area contributed by atoms with Crippen molar-refractivity contribution in [1.29, 1.82) is 0 Å². The number of allylic oxidation sites excluding steroid dienone is 1. The Morgan fingerprint density at radius 1 is 1.19 bits per heavy atom. The lowest BCUT2D eigenvalue weighted by atomic mass is 10.1. The minimum Gasteiger partial charge on any atom is -0.493 e. The minimum absolute atomic E-state index is 0.267. The van der Waals surface area contributed by atoms with Crippen molar-refractivity contribution in [2.45, 2.75) is 19.9 Å². The van der Waals surface area contributed by atoms with Crippen LogP contribution in [0, 0.1) is 0 Å². The van der Waals surface area contributed by atoms with E-state index in [1.54, 1.807) is 38.3 Å². The van der Waals surface area contributed by atoms with Crippen LogP contribution in [0.1, 0.15) is 46.2 Å². The van der Waals surface area contributed by atoms with Crippen molar-refractivity contribution in [2.75, 3.05) is 31.0 Å². The number of hydrogen-bond acceptors (Lipinski definition) is 5. The molecule has 0 saturated heterocycles. The summed E-state index contributed by atoms with van der Waals surface area (Å²) >= 11 is 0. The first-order valence-corrected chi connectivity index (χ1v) is 11.9. The fraction of sp³-hybridized carbons (Fsp3) is 0.292. The van der Waals surface area contributed by atoms with Crippen molar-refractivity contribution in [1.82, 2.24) is 4.90 Å². The first-order chi connectivity index (χ1) is 14.8. The van der Waals surface area contributed by atoms with Crippen LogP contribution in [0.25, 0.3) is 0 Å². The van der Waals surface area contributed by atoms with Crippen molar-refractivity contribution in [3.63, 3.8) is 0 Å². The Labute approximate surface area is 185 Å². The van der Waals surface area contributed by atoms with Crippen LogP contribution >= 0.6 is 10.5 Å². The average Bonchev–Trinajstić information content (AvgIpc) is 2.97. The van der Waals surface area contributed by atoms with Gasteiger partial charge in [0.1, 0.15) is 0 Å². The number of carbonyl (C=O) groups is 2. The number of imide groups is 1. The van der Waals surface area contributed by atoms with Crippen LogP contribution in [0.2, 0.25) is 0 Å². The minimum atomic E-state index is -0.471. The Kier molecular flexibility index (Phi) is 6.85. The summed E-state index contributed by atoms with van der Waals surface area (Å²) in [7, 11) is 1.31. The van der Waals surface area contributed by atoms with E-state index in [4.69, 9.17) is 9.47 Å². The first kappa shape index (κ1) is 22.6. The number of hydrogen-bond donors (Lipinski definition) is 1. The maximum Gasteiger partial charge on any atom is 0.264 e. The van der Waals surface area contributed by atoms with Crippen molar-refractivity contribution >= 4 is 33.9 Å². The molecule has 1 aliphatic heterocycles. The maximum absolute atomic E-state index is 13.5. The van der Waals surface area contributed by atoms with Crippen molar-refractivity contribution < 1.29 is 19.1 Å². The van der Waals surface area contributed by atoms with Gasteiger partial charge in [-0.25, -0.2) is 0 Å². The molecule has 2 aromatic rings. The molecule has 0 aromatic heterocycles. The van der Waals surface area contributed by atoms with E-state index in [2.05, 4.69) is 17.8 Å². The molecule has 2 amide bonds. The lowest BCUT2D eigenvalue weighted by Gasteiger charge is -2.28. The molecule has 31 heavy (non-hydrogen) atoms. The number of rotatable bonds is 9. The molecule has 164 valence electrons. The van der Waals surface area contributed by atoms with Gasteiger partial charge < -0.3 is 14.8 Å². The zero-order chi connectivity index (χ0) is 22.7. The van der Waals surface area contributed by atoms with Crippen LogP contribution < -0.4 is 14.8 Å². The molecule has 0 bridgehead atoms. The van der Waals surface area contributed by atoms with Gasteiger partial charge in [0.15, 0.2) is 11.5 Å². The third kappa shape index (κ3) is 4.51. The molecule has 1 aliphatic rings. The van der Waals surface area contributed by atoms with E-state index in [0.29, 0.717) is 46.4 Å². The van der Waals surface area contributed by atoms with E-state index < -0.39 is 6.04 Å². The Morgan fingerprint density at radius 3 is 2.55 bits per heavy atom. The quantitative estimate of drug-likeness (QED) is 0.452. The largest absolute Gasteiger partial charge is 0.493 e. The Hall–Kier alpha value is -3.06. The molecule has 1 heterocycles. The summed E-state index contributed by atoms with van der Waals surface area (Å²) in [6.45, 7) is 8.02. The fourth-order valence-electron chi connectivity index (χ4n) is 3.68. The molecule has 0 saturated carbocycles. The van der Waals surface area contributed by atoms with Gasteiger partial charge in [-0.05, 0) is 49.9 Å².